The molecule has 3 heterocycles. The molecule has 0 unspecified atom stereocenters. The van der Waals surface area contributed by atoms with Crippen molar-refractivity contribution in [1.82, 2.24) is 5.43 Å². The van der Waals surface area contributed by atoms with E-state index in [-0.39, 0.29) is 22.4 Å². The third kappa shape index (κ3) is 9.74. The second-order valence-corrected chi connectivity index (χ2v) is 18.1. The number of aromatic hydroxyl groups is 3. The SMILES string of the molecule is CO[C@@H]1C=CO[C@@]2(C)Oc3c(C)c(O)c4c(O)c(c(C=NNC(=O)C(CO)(c5ccccc5)c5ccccc5)c(O)c4c3C2=O)NC(=O)C(C)=CC=C[C@H](C)[C@H](O)[C@H](C)[C@H](O)[C@H](C)[C@H](OC(C)=O)[C@H]1C. The van der Waals surface area contributed by atoms with Gasteiger partial charge in [0.05, 0.1) is 59.6 Å². The van der Waals surface area contributed by atoms with Gasteiger partial charge < -0.3 is 54.9 Å². The number of phenols is 3. The summed E-state index contributed by atoms with van der Waals surface area (Å²) in [5.41, 5.74) is 0.439. The predicted octanol–water partition coefficient (Wildman–Crippen LogP) is 6.18. The topological polar surface area (TPSA) is 263 Å². The zero-order chi connectivity index (χ0) is 51.4. The van der Waals surface area contributed by atoms with Gasteiger partial charge in [-0.25, -0.2) is 5.43 Å². The summed E-state index contributed by atoms with van der Waals surface area (Å²) < 4.78 is 23.6. The summed E-state index contributed by atoms with van der Waals surface area (Å²) in [4.78, 5) is 55.4. The van der Waals surface area contributed by atoms with Crippen molar-refractivity contribution in [3.8, 4) is 23.0 Å². The minimum absolute atomic E-state index is 0.0348. The number of phenolic OH excluding ortho intramolecular Hbond substituents is 3. The predicted molar refractivity (Wildman–Crippen MR) is 260 cm³/mol. The lowest BCUT2D eigenvalue weighted by molar-refractivity contribution is -0.160. The molecule has 7 rings (SSSR count). The average molecular weight is 964 g/mol. The van der Waals surface area contributed by atoms with Gasteiger partial charge in [0.2, 0.25) is 0 Å². The van der Waals surface area contributed by atoms with Crippen molar-refractivity contribution in [1.29, 1.82) is 0 Å². The van der Waals surface area contributed by atoms with E-state index in [4.69, 9.17) is 18.9 Å². The molecule has 3 aliphatic heterocycles. The van der Waals surface area contributed by atoms with Crippen LogP contribution >= 0.6 is 0 Å². The van der Waals surface area contributed by atoms with Crippen LogP contribution in [0.2, 0.25) is 0 Å². The Morgan fingerprint density at radius 3 is 2.06 bits per heavy atom. The van der Waals surface area contributed by atoms with Crippen molar-refractivity contribution in [2.75, 3.05) is 19.0 Å². The first-order valence-corrected chi connectivity index (χ1v) is 22.8. The Hall–Kier alpha value is -7.05. The van der Waals surface area contributed by atoms with E-state index in [1.165, 1.54) is 53.0 Å². The second-order valence-electron chi connectivity index (χ2n) is 18.1. The molecule has 4 aromatic carbocycles. The number of hydrogen-bond acceptors (Lipinski definition) is 15. The van der Waals surface area contributed by atoms with E-state index in [2.05, 4.69) is 15.8 Å². The van der Waals surface area contributed by atoms with Gasteiger partial charge in [-0.05, 0) is 31.1 Å². The van der Waals surface area contributed by atoms with Gasteiger partial charge >= 0.3 is 11.8 Å². The number of hydrogen-bond donors (Lipinski definition) is 8. The number of Topliss-reactive ketones (excluding diaryl/α,β-unsaturated/α-hetero) is 1. The van der Waals surface area contributed by atoms with E-state index < -0.39 is 129 Å². The largest absolute Gasteiger partial charge is 0.507 e. The highest BCUT2D eigenvalue weighted by Gasteiger charge is 2.50. The number of fused-ring (bicyclic) bond motifs is 14. The highest BCUT2D eigenvalue weighted by Crippen LogP contribution is 2.55. The van der Waals surface area contributed by atoms with E-state index in [9.17, 15) is 49.8 Å². The number of ketones is 1. The average Bonchev–Trinajstić information content (AvgIpc) is 3.61. The maximum absolute atomic E-state index is 14.6. The Balaban J connectivity index is 1.53. The highest BCUT2D eigenvalue weighted by molar-refractivity contribution is 6.24. The molecule has 2 amide bonds. The minimum Gasteiger partial charge on any atom is -0.507 e. The summed E-state index contributed by atoms with van der Waals surface area (Å²) in [5.74, 6) is -10.3. The van der Waals surface area contributed by atoms with Crippen LogP contribution in [0.4, 0.5) is 5.69 Å². The summed E-state index contributed by atoms with van der Waals surface area (Å²) in [5, 5.41) is 76.0. The van der Waals surface area contributed by atoms with Crippen LogP contribution in [0.3, 0.4) is 0 Å². The summed E-state index contributed by atoms with van der Waals surface area (Å²) in [6.45, 7) is 11.5. The van der Waals surface area contributed by atoms with Gasteiger partial charge in [-0.15, -0.1) is 0 Å². The number of methoxy groups -OCH3 is 1. The lowest BCUT2D eigenvalue weighted by Gasteiger charge is -2.38. The van der Waals surface area contributed by atoms with Crippen LogP contribution in [0.25, 0.3) is 10.8 Å². The van der Waals surface area contributed by atoms with E-state index in [1.54, 1.807) is 94.4 Å². The fraction of sp³-hybridized carbons (Fsp3) is 0.377. The van der Waals surface area contributed by atoms with E-state index in [0.29, 0.717) is 11.1 Å². The molecule has 0 saturated heterocycles. The normalized spacial score (nSPS) is 25.6. The van der Waals surface area contributed by atoms with Crippen molar-refractivity contribution < 1.29 is 68.8 Å². The number of amides is 2. The molecule has 17 nitrogen and oxygen atoms in total. The van der Waals surface area contributed by atoms with Crippen LogP contribution in [0.1, 0.15) is 81.1 Å². The van der Waals surface area contributed by atoms with Gasteiger partial charge in [-0.2, -0.15) is 5.10 Å². The number of rotatable bonds is 8. The van der Waals surface area contributed by atoms with Crippen molar-refractivity contribution in [2.45, 2.75) is 91.0 Å². The summed E-state index contributed by atoms with van der Waals surface area (Å²) in [6.07, 6.45) is 4.00. The zero-order valence-corrected chi connectivity index (χ0v) is 40.5. The molecule has 3 aliphatic rings. The molecule has 8 N–H and O–H groups in total. The standard InChI is InChI=1S/C53H61N3O14/c1-27-17-16-18-28(2)50(65)55-41-36(25-54-56-51(66)53(26-57,34-19-12-10-13-20-34)35-21-14-11-15-22-35)45(62)38-39(46(41)63)44(61)32(6)48-40(38)49(64)52(8,70-48)68-24-23-37(67-9)29(3)47(69-33(7)58)31(5)43(60)30(4)42(27)59/h10-25,27,29-31,37,42-43,47,57,59-63H,26H2,1-9H3,(H,55,65)(H,56,66)/t27-,29-,30-,31-,37+,42-,43-,47+,52-/m0/s1. The number of hydrazone groups is 1. The first kappa shape index (κ1) is 52.3. The zero-order valence-electron chi connectivity index (χ0n) is 40.5. The minimum atomic E-state index is -2.16. The number of allylic oxidation sites excluding steroid dienone is 2. The van der Waals surface area contributed by atoms with Crippen LogP contribution in [-0.2, 0) is 34.0 Å². The molecule has 0 radical (unpaired) electrons. The number of carbonyl (C=O) groups is 4. The Morgan fingerprint density at radius 2 is 1.49 bits per heavy atom. The second kappa shape index (κ2) is 21.3. The number of nitrogens with zero attached hydrogens (tertiary/aromatic N) is 1. The quantitative estimate of drug-likeness (QED) is 0.0322. The highest BCUT2D eigenvalue weighted by atomic mass is 16.7. The van der Waals surface area contributed by atoms with Crippen LogP contribution in [0, 0.1) is 30.6 Å². The van der Waals surface area contributed by atoms with Gasteiger partial charge in [-0.1, -0.05) is 107 Å². The molecule has 0 spiro atoms. The van der Waals surface area contributed by atoms with Gasteiger partial charge in [0.25, 0.3) is 17.6 Å². The van der Waals surface area contributed by atoms with Gasteiger partial charge in [0, 0.05) is 61.2 Å². The fourth-order valence-electron chi connectivity index (χ4n) is 9.25. The number of ether oxygens (including phenoxy) is 4. The summed E-state index contributed by atoms with van der Waals surface area (Å²) in [7, 11) is 1.41. The number of benzene rings is 4. The van der Waals surface area contributed by atoms with Gasteiger partial charge in [0.15, 0.2) is 5.75 Å². The smallest absolute Gasteiger partial charge is 0.312 e. The molecule has 9 atom stereocenters. The number of carbonyl (C=O) groups excluding carboxylic acids is 4. The third-order valence-corrected chi connectivity index (χ3v) is 13.6. The molecule has 0 aromatic heterocycles. The molecular weight excluding hydrogens is 903 g/mol. The number of esters is 1. The Bertz CT molecular complexity index is 2710. The lowest BCUT2D eigenvalue weighted by atomic mass is 9.74. The van der Waals surface area contributed by atoms with Crippen molar-refractivity contribution in [3.63, 3.8) is 0 Å². The summed E-state index contributed by atoms with van der Waals surface area (Å²) in [6, 6.07) is 17.0. The van der Waals surface area contributed by atoms with Crippen LogP contribution in [0.5, 0.6) is 23.0 Å². The maximum Gasteiger partial charge on any atom is 0.312 e. The monoisotopic (exact) mass is 963 g/mol. The Labute approximate surface area is 405 Å². The fourth-order valence-corrected chi connectivity index (χ4v) is 9.25. The number of nitrogens with one attached hydrogen (secondary N) is 2. The summed E-state index contributed by atoms with van der Waals surface area (Å²) >= 11 is 0. The van der Waals surface area contributed by atoms with Crippen LogP contribution < -0.4 is 15.5 Å². The first-order chi connectivity index (χ1) is 33.2. The Morgan fingerprint density at radius 1 is 0.871 bits per heavy atom. The van der Waals surface area contributed by atoms with Crippen molar-refractivity contribution in [2.24, 2.45) is 28.8 Å². The molecular formula is C53H61N3O14. The van der Waals surface area contributed by atoms with Gasteiger partial charge in [-0.3, -0.25) is 19.2 Å². The molecule has 0 fully saturated rings. The number of aliphatic hydroxyl groups is 3. The molecule has 372 valence electrons. The molecule has 5 bridgehead atoms. The molecule has 0 saturated carbocycles. The van der Waals surface area contributed by atoms with Crippen molar-refractivity contribution in [3.05, 3.63) is 125 Å². The third-order valence-electron chi connectivity index (χ3n) is 13.6. The first-order valence-electron chi connectivity index (χ1n) is 22.8. The maximum atomic E-state index is 14.6. The lowest BCUT2D eigenvalue weighted by Crippen LogP contribution is -2.46. The molecule has 17 heteroatoms. The molecule has 0 aliphatic carbocycles. The van der Waals surface area contributed by atoms with Crippen molar-refractivity contribution >= 4 is 46.2 Å². The van der Waals surface area contributed by atoms with E-state index in [1.807, 2.05) is 0 Å². The Kier molecular flexibility index (Phi) is 15.9. The van der Waals surface area contributed by atoms with E-state index in [0.717, 1.165) is 12.5 Å². The molecule has 70 heavy (non-hydrogen) atoms. The van der Waals surface area contributed by atoms with Crippen LogP contribution in [-0.4, -0.2) is 104 Å². The molecule has 4 aromatic rings. The van der Waals surface area contributed by atoms with E-state index >= 15 is 0 Å². The van der Waals surface area contributed by atoms with Crippen LogP contribution in [0.15, 0.2) is 102 Å². The number of anilines is 1. The number of aliphatic hydroxyl groups excluding tert-OH is 3. The van der Waals surface area contributed by atoms with Gasteiger partial charge in [0.1, 0.15) is 28.8 Å².